The number of carbonyl (C=O) groups is 2. The molecule has 0 saturated carbocycles. The van der Waals surface area contributed by atoms with Crippen LogP contribution in [-0.2, 0) is 9.59 Å². The van der Waals surface area contributed by atoms with E-state index in [1.54, 1.807) is 16.7 Å². The summed E-state index contributed by atoms with van der Waals surface area (Å²) in [6.07, 6.45) is 5.16. The molecule has 0 aliphatic carbocycles. The van der Waals surface area contributed by atoms with Crippen molar-refractivity contribution in [1.82, 2.24) is 4.90 Å². The minimum Gasteiger partial charge on any atom is -0.480 e. The lowest BCUT2D eigenvalue weighted by molar-refractivity contribution is -0.149. The van der Waals surface area contributed by atoms with E-state index in [-0.39, 0.29) is 11.3 Å². The van der Waals surface area contributed by atoms with Crippen LogP contribution in [0.3, 0.4) is 0 Å². The van der Waals surface area contributed by atoms with Crippen molar-refractivity contribution < 1.29 is 14.7 Å². The van der Waals surface area contributed by atoms with E-state index in [9.17, 15) is 14.7 Å². The van der Waals surface area contributed by atoms with Gasteiger partial charge in [-0.2, -0.15) is 0 Å². The highest BCUT2D eigenvalue weighted by atomic mass is 32.2. The SMILES string of the molecule is CCCC(CCN)CCC(=O)N1C(CC)SCC1C(=O)O. The Bertz CT molecular complexity index is 346. The first-order valence-electron chi connectivity index (χ1n) is 7.90. The molecule has 0 aromatic carbocycles. The smallest absolute Gasteiger partial charge is 0.327 e. The molecular formula is C15H28N2O3S. The van der Waals surface area contributed by atoms with E-state index in [1.165, 1.54) is 0 Å². The molecule has 3 unspecified atom stereocenters. The molecule has 21 heavy (non-hydrogen) atoms. The second kappa shape index (κ2) is 9.30. The fourth-order valence-electron chi connectivity index (χ4n) is 2.94. The van der Waals surface area contributed by atoms with Crippen LogP contribution in [0.5, 0.6) is 0 Å². The van der Waals surface area contributed by atoms with Crippen molar-refractivity contribution in [3.63, 3.8) is 0 Å². The number of aliphatic carboxylic acids is 1. The molecule has 0 aromatic rings. The van der Waals surface area contributed by atoms with Gasteiger partial charge in [0, 0.05) is 12.2 Å². The number of thioether (sulfide) groups is 1. The van der Waals surface area contributed by atoms with Gasteiger partial charge in [0.25, 0.3) is 0 Å². The van der Waals surface area contributed by atoms with Gasteiger partial charge in [-0.3, -0.25) is 4.79 Å². The second-order valence-corrected chi connectivity index (χ2v) is 6.83. The van der Waals surface area contributed by atoms with E-state index in [2.05, 4.69) is 6.92 Å². The van der Waals surface area contributed by atoms with E-state index in [4.69, 9.17) is 5.73 Å². The Morgan fingerprint density at radius 1 is 1.33 bits per heavy atom. The molecule has 3 atom stereocenters. The lowest BCUT2D eigenvalue weighted by Gasteiger charge is -2.27. The number of carboxylic acids is 1. The lowest BCUT2D eigenvalue weighted by Crippen LogP contribution is -2.45. The van der Waals surface area contributed by atoms with Crippen molar-refractivity contribution in [1.29, 1.82) is 0 Å². The Balaban J connectivity index is 2.60. The van der Waals surface area contributed by atoms with Crippen LogP contribution in [0.15, 0.2) is 0 Å². The Kier molecular flexibility index (Phi) is 8.11. The highest BCUT2D eigenvalue weighted by Crippen LogP contribution is 2.32. The molecule has 1 amide bonds. The largest absolute Gasteiger partial charge is 0.480 e. The summed E-state index contributed by atoms with van der Waals surface area (Å²) in [6.45, 7) is 4.78. The fraction of sp³-hybridized carbons (Fsp3) is 0.867. The topological polar surface area (TPSA) is 83.6 Å². The molecular weight excluding hydrogens is 288 g/mol. The fourth-order valence-corrected chi connectivity index (χ4v) is 4.30. The normalized spacial score (nSPS) is 23.3. The maximum Gasteiger partial charge on any atom is 0.327 e. The van der Waals surface area contributed by atoms with Gasteiger partial charge in [-0.15, -0.1) is 11.8 Å². The van der Waals surface area contributed by atoms with Crippen LogP contribution < -0.4 is 5.73 Å². The summed E-state index contributed by atoms with van der Waals surface area (Å²) in [4.78, 5) is 25.4. The lowest BCUT2D eigenvalue weighted by atomic mass is 9.94. The van der Waals surface area contributed by atoms with Gasteiger partial charge in [0.2, 0.25) is 5.91 Å². The van der Waals surface area contributed by atoms with Crippen LogP contribution >= 0.6 is 11.8 Å². The van der Waals surface area contributed by atoms with Crippen LogP contribution in [0.2, 0.25) is 0 Å². The Hall–Kier alpha value is -0.750. The summed E-state index contributed by atoms with van der Waals surface area (Å²) in [5, 5.41) is 9.28. The number of amides is 1. The van der Waals surface area contributed by atoms with E-state index < -0.39 is 12.0 Å². The van der Waals surface area contributed by atoms with E-state index in [1.807, 2.05) is 6.92 Å². The molecule has 3 N–H and O–H groups in total. The number of nitrogens with two attached hydrogens (primary N) is 1. The van der Waals surface area contributed by atoms with Crippen molar-refractivity contribution in [3.05, 3.63) is 0 Å². The van der Waals surface area contributed by atoms with Gasteiger partial charge in [-0.1, -0.05) is 26.7 Å². The molecule has 122 valence electrons. The third kappa shape index (κ3) is 5.18. The summed E-state index contributed by atoms with van der Waals surface area (Å²) in [6, 6.07) is -0.661. The first-order chi connectivity index (χ1) is 10.0. The average molecular weight is 316 g/mol. The van der Waals surface area contributed by atoms with Crippen LogP contribution in [0.1, 0.15) is 52.4 Å². The Labute approximate surface area is 131 Å². The zero-order valence-corrected chi connectivity index (χ0v) is 13.9. The van der Waals surface area contributed by atoms with E-state index >= 15 is 0 Å². The van der Waals surface area contributed by atoms with Gasteiger partial charge in [0.15, 0.2) is 0 Å². The number of hydrogen-bond donors (Lipinski definition) is 2. The predicted octanol–water partition coefficient (Wildman–Crippen LogP) is 2.30. The molecule has 0 aromatic heterocycles. The molecule has 0 spiro atoms. The van der Waals surface area contributed by atoms with Gasteiger partial charge < -0.3 is 15.7 Å². The van der Waals surface area contributed by atoms with Gasteiger partial charge in [-0.05, 0) is 31.7 Å². The molecule has 1 fully saturated rings. The number of rotatable bonds is 9. The zero-order valence-electron chi connectivity index (χ0n) is 13.1. The predicted molar refractivity (Wildman–Crippen MR) is 86.1 cm³/mol. The van der Waals surface area contributed by atoms with Crippen LogP contribution in [0.4, 0.5) is 0 Å². The molecule has 1 aliphatic rings. The van der Waals surface area contributed by atoms with Gasteiger partial charge in [0.05, 0.1) is 5.37 Å². The van der Waals surface area contributed by atoms with Gasteiger partial charge in [-0.25, -0.2) is 4.79 Å². The number of carbonyl (C=O) groups excluding carboxylic acids is 1. The highest BCUT2D eigenvalue weighted by Gasteiger charge is 2.40. The Morgan fingerprint density at radius 2 is 2.05 bits per heavy atom. The molecule has 5 nitrogen and oxygen atoms in total. The maximum atomic E-state index is 12.5. The molecule has 1 aliphatic heterocycles. The molecule has 1 rings (SSSR count). The van der Waals surface area contributed by atoms with Crippen molar-refractivity contribution >= 4 is 23.6 Å². The van der Waals surface area contributed by atoms with E-state index in [0.29, 0.717) is 24.6 Å². The van der Waals surface area contributed by atoms with Gasteiger partial charge >= 0.3 is 5.97 Å². The third-order valence-electron chi connectivity index (χ3n) is 4.05. The van der Waals surface area contributed by atoms with Crippen molar-refractivity contribution in [2.45, 2.75) is 63.8 Å². The average Bonchev–Trinajstić information content (AvgIpc) is 2.89. The van der Waals surface area contributed by atoms with Crippen molar-refractivity contribution in [2.24, 2.45) is 11.7 Å². The minimum absolute atomic E-state index is 0.0118. The molecule has 0 bridgehead atoms. The van der Waals surface area contributed by atoms with Crippen LogP contribution in [0, 0.1) is 5.92 Å². The maximum absolute atomic E-state index is 12.5. The van der Waals surface area contributed by atoms with Crippen molar-refractivity contribution in [2.75, 3.05) is 12.3 Å². The summed E-state index contributed by atoms with van der Waals surface area (Å²) in [5.41, 5.74) is 5.62. The van der Waals surface area contributed by atoms with Gasteiger partial charge in [0.1, 0.15) is 6.04 Å². The Morgan fingerprint density at radius 3 is 2.57 bits per heavy atom. The zero-order chi connectivity index (χ0) is 15.8. The third-order valence-corrected chi connectivity index (χ3v) is 5.51. The highest BCUT2D eigenvalue weighted by molar-refractivity contribution is 8.00. The summed E-state index contributed by atoms with van der Waals surface area (Å²) < 4.78 is 0. The number of hydrogen-bond acceptors (Lipinski definition) is 4. The molecule has 6 heteroatoms. The second-order valence-electron chi connectivity index (χ2n) is 5.62. The summed E-state index contributed by atoms with van der Waals surface area (Å²) in [5.74, 6) is 0.0691. The van der Waals surface area contributed by atoms with E-state index in [0.717, 1.165) is 32.1 Å². The van der Waals surface area contributed by atoms with Crippen molar-refractivity contribution in [3.8, 4) is 0 Å². The minimum atomic E-state index is -0.890. The first kappa shape index (κ1) is 18.3. The first-order valence-corrected chi connectivity index (χ1v) is 8.95. The quantitative estimate of drug-likeness (QED) is 0.682. The summed E-state index contributed by atoms with van der Waals surface area (Å²) in [7, 11) is 0. The molecule has 1 heterocycles. The number of carboxylic acid groups (broad SMARTS) is 1. The standard InChI is InChI=1S/C15H28N2O3S/c1-3-5-11(8-9-16)6-7-13(18)17-12(15(19)20)10-21-14(17)4-2/h11-12,14H,3-10,16H2,1-2H3,(H,19,20). The molecule has 0 radical (unpaired) electrons. The monoisotopic (exact) mass is 316 g/mol. The van der Waals surface area contributed by atoms with Crippen LogP contribution in [0.25, 0.3) is 0 Å². The molecule has 1 saturated heterocycles. The van der Waals surface area contributed by atoms with Crippen LogP contribution in [-0.4, -0.2) is 45.6 Å². The number of nitrogens with zero attached hydrogens (tertiary/aromatic N) is 1. The summed E-state index contributed by atoms with van der Waals surface area (Å²) >= 11 is 1.57.